The fourth-order valence-corrected chi connectivity index (χ4v) is 4.33. The number of hydrogen-bond donors (Lipinski definition) is 0. The van der Waals surface area contributed by atoms with Crippen LogP contribution in [0.5, 0.6) is 0 Å². The van der Waals surface area contributed by atoms with Gasteiger partial charge in [0, 0.05) is 7.05 Å². The molecule has 0 unspecified atom stereocenters. The molecule has 0 radical (unpaired) electrons. The third-order valence-electron chi connectivity index (χ3n) is 4.59. The molecule has 0 N–H and O–H groups in total. The summed E-state index contributed by atoms with van der Waals surface area (Å²) >= 11 is 6.59. The van der Waals surface area contributed by atoms with E-state index in [1.807, 2.05) is 36.4 Å². The normalized spacial score (nSPS) is 15.9. The highest BCUT2D eigenvalue weighted by Crippen LogP contribution is 2.35. The van der Waals surface area contributed by atoms with Crippen molar-refractivity contribution in [3.05, 3.63) is 87.6 Å². The summed E-state index contributed by atoms with van der Waals surface area (Å²) in [5, 5.41) is 0. The van der Waals surface area contributed by atoms with Crippen molar-refractivity contribution in [2.75, 3.05) is 4.90 Å². The van der Waals surface area contributed by atoms with Crippen molar-refractivity contribution in [1.29, 1.82) is 0 Å². The molecule has 0 atom stereocenters. The van der Waals surface area contributed by atoms with E-state index in [1.54, 1.807) is 49.2 Å². The molecule has 4 rings (SSSR count). The molecule has 2 aromatic heterocycles. The van der Waals surface area contributed by atoms with Gasteiger partial charge in [0.2, 0.25) is 0 Å². The summed E-state index contributed by atoms with van der Waals surface area (Å²) < 4.78 is 8.83. The summed E-state index contributed by atoms with van der Waals surface area (Å²) in [5.41, 5.74) is 1.36. The predicted octanol–water partition coefficient (Wildman–Crippen LogP) is 4.04. The van der Waals surface area contributed by atoms with E-state index in [0.717, 1.165) is 5.69 Å². The van der Waals surface area contributed by atoms with Crippen LogP contribution in [0.1, 0.15) is 11.5 Å². The number of benzene rings is 1. The first-order valence-electron chi connectivity index (χ1n) is 8.81. The maximum atomic E-state index is 13.2. The van der Waals surface area contributed by atoms with Gasteiger partial charge in [0.1, 0.15) is 11.4 Å². The quantitative estimate of drug-likeness (QED) is 0.468. The minimum Gasteiger partial charge on any atom is -0.465 e. The van der Waals surface area contributed by atoms with Gasteiger partial charge in [0.25, 0.3) is 11.5 Å². The number of rotatable bonds is 4. The third-order valence-corrected chi connectivity index (χ3v) is 5.91. The monoisotopic (exact) mass is 423 g/mol. The highest BCUT2D eigenvalue weighted by atomic mass is 32.2. The molecular weight excluding hydrogens is 406 g/mol. The summed E-state index contributed by atoms with van der Waals surface area (Å²) in [6.45, 7) is 1.80. The number of thioether (sulfide) groups is 1. The van der Waals surface area contributed by atoms with Crippen molar-refractivity contribution < 1.29 is 9.21 Å². The van der Waals surface area contributed by atoms with Gasteiger partial charge in [-0.25, -0.2) is 4.68 Å². The van der Waals surface area contributed by atoms with Crippen LogP contribution in [0.15, 0.2) is 75.0 Å². The number of allylic oxidation sites excluding steroid dienone is 2. The average molecular weight is 424 g/mol. The van der Waals surface area contributed by atoms with Crippen molar-refractivity contribution in [2.24, 2.45) is 7.05 Å². The standard InChI is InChI=1S/C21H17N3O3S2/c1-14-18(20(26)24(22(14)2)15-8-4-3-5-9-15)23-19(25)17(29-21(23)28)12-6-10-16-11-7-13-27-16/h3-13H,1-2H3. The fourth-order valence-electron chi connectivity index (χ4n) is 3.10. The number of furan rings is 1. The Hall–Kier alpha value is -3.10. The number of anilines is 1. The van der Waals surface area contributed by atoms with Crippen LogP contribution in [-0.2, 0) is 11.8 Å². The Morgan fingerprint density at radius 2 is 1.86 bits per heavy atom. The highest BCUT2D eigenvalue weighted by Gasteiger charge is 2.37. The van der Waals surface area contributed by atoms with E-state index in [1.165, 1.54) is 21.3 Å². The second-order valence-electron chi connectivity index (χ2n) is 6.32. The zero-order valence-electron chi connectivity index (χ0n) is 15.7. The van der Waals surface area contributed by atoms with Gasteiger partial charge in [-0.15, -0.1) is 0 Å². The number of nitrogens with zero attached hydrogens (tertiary/aromatic N) is 3. The van der Waals surface area contributed by atoms with Gasteiger partial charge in [-0.05, 0) is 43.3 Å². The van der Waals surface area contributed by atoms with Crippen molar-refractivity contribution in [2.45, 2.75) is 6.92 Å². The molecule has 3 heterocycles. The van der Waals surface area contributed by atoms with Crippen LogP contribution >= 0.6 is 24.0 Å². The Morgan fingerprint density at radius 3 is 2.55 bits per heavy atom. The lowest BCUT2D eigenvalue weighted by Gasteiger charge is -2.12. The van der Waals surface area contributed by atoms with E-state index in [4.69, 9.17) is 16.6 Å². The summed E-state index contributed by atoms with van der Waals surface area (Å²) in [7, 11) is 1.78. The van der Waals surface area contributed by atoms with Crippen LogP contribution in [0, 0.1) is 6.92 Å². The molecule has 0 saturated carbocycles. The molecule has 6 nitrogen and oxygen atoms in total. The largest absolute Gasteiger partial charge is 0.465 e. The first-order valence-corrected chi connectivity index (χ1v) is 10.0. The molecular formula is C21H17N3O3S2. The molecule has 1 aliphatic heterocycles. The van der Waals surface area contributed by atoms with Crippen molar-refractivity contribution in [3.8, 4) is 5.69 Å². The van der Waals surface area contributed by atoms with Crippen molar-refractivity contribution in [1.82, 2.24) is 9.36 Å². The molecule has 8 heteroatoms. The minimum absolute atomic E-state index is 0.275. The van der Waals surface area contributed by atoms with E-state index in [9.17, 15) is 9.59 Å². The Balaban J connectivity index is 1.71. The van der Waals surface area contributed by atoms with Gasteiger partial charge in [-0.1, -0.05) is 48.3 Å². The Morgan fingerprint density at radius 1 is 1.10 bits per heavy atom. The van der Waals surface area contributed by atoms with Gasteiger partial charge in [0.05, 0.1) is 22.5 Å². The van der Waals surface area contributed by atoms with Gasteiger partial charge >= 0.3 is 0 Å². The van der Waals surface area contributed by atoms with Crippen molar-refractivity contribution in [3.63, 3.8) is 0 Å². The number of thiocarbonyl (C=S) groups is 1. The molecule has 1 fully saturated rings. The number of para-hydroxylation sites is 1. The summed E-state index contributed by atoms with van der Waals surface area (Å²) in [6, 6.07) is 12.9. The van der Waals surface area contributed by atoms with Crippen molar-refractivity contribution >= 4 is 46.0 Å². The van der Waals surface area contributed by atoms with Gasteiger partial charge in [-0.3, -0.25) is 19.2 Å². The molecule has 1 aromatic carbocycles. The Labute approximate surface area is 176 Å². The van der Waals surface area contributed by atoms with Crippen LogP contribution in [0.25, 0.3) is 11.8 Å². The molecule has 1 saturated heterocycles. The second kappa shape index (κ2) is 7.73. The fraction of sp³-hybridized carbons (Fsp3) is 0.0952. The zero-order chi connectivity index (χ0) is 20.5. The molecule has 0 aliphatic carbocycles. The summed E-state index contributed by atoms with van der Waals surface area (Å²) in [4.78, 5) is 28.0. The van der Waals surface area contributed by atoms with Gasteiger partial charge < -0.3 is 4.42 Å². The second-order valence-corrected chi connectivity index (χ2v) is 8.00. The van der Waals surface area contributed by atoms with Crippen LogP contribution in [-0.4, -0.2) is 19.6 Å². The smallest absolute Gasteiger partial charge is 0.296 e. The lowest BCUT2D eigenvalue weighted by molar-refractivity contribution is -0.113. The van der Waals surface area contributed by atoms with Crippen LogP contribution in [0.3, 0.4) is 0 Å². The van der Waals surface area contributed by atoms with E-state index in [2.05, 4.69) is 0 Å². The van der Waals surface area contributed by atoms with E-state index < -0.39 is 0 Å². The predicted molar refractivity (Wildman–Crippen MR) is 119 cm³/mol. The first kappa shape index (κ1) is 19.2. The lowest BCUT2D eigenvalue weighted by atomic mass is 10.3. The first-order chi connectivity index (χ1) is 14.0. The molecule has 146 valence electrons. The van der Waals surface area contributed by atoms with Crippen LogP contribution in [0.2, 0.25) is 0 Å². The number of aromatic nitrogens is 2. The van der Waals surface area contributed by atoms with Crippen LogP contribution in [0.4, 0.5) is 5.69 Å². The molecule has 0 bridgehead atoms. The summed E-state index contributed by atoms with van der Waals surface area (Å²) in [6.07, 6.45) is 6.74. The third kappa shape index (κ3) is 3.41. The molecule has 3 aromatic rings. The Kier molecular flexibility index (Phi) is 5.12. The molecule has 1 aliphatic rings. The average Bonchev–Trinajstić information content (AvgIpc) is 3.37. The van der Waals surface area contributed by atoms with Gasteiger partial charge in [-0.2, -0.15) is 0 Å². The molecule has 0 spiro atoms. The number of amides is 1. The Bertz CT molecular complexity index is 1200. The number of carbonyl (C=O) groups excluding carboxylic acids is 1. The van der Waals surface area contributed by atoms with Gasteiger partial charge in [0.15, 0.2) is 4.32 Å². The van der Waals surface area contributed by atoms with E-state index in [-0.39, 0.29) is 17.2 Å². The van der Waals surface area contributed by atoms with E-state index >= 15 is 0 Å². The minimum atomic E-state index is -0.310. The molecule has 1 amide bonds. The van der Waals surface area contributed by atoms with Crippen LogP contribution < -0.4 is 10.5 Å². The maximum absolute atomic E-state index is 13.2. The van der Waals surface area contributed by atoms with E-state index in [0.29, 0.717) is 20.7 Å². The number of carbonyl (C=O) groups is 1. The number of hydrogen-bond acceptors (Lipinski definition) is 5. The molecule has 29 heavy (non-hydrogen) atoms. The maximum Gasteiger partial charge on any atom is 0.296 e. The summed E-state index contributed by atoms with van der Waals surface area (Å²) in [5.74, 6) is 0.372. The zero-order valence-corrected chi connectivity index (χ0v) is 17.4. The topological polar surface area (TPSA) is 60.4 Å². The highest BCUT2D eigenvalue weighted by molar-refractivity contribution is 8.27. The SMILES string of the molecule is Cc1c(N2C(=O)C(=CC=Cc3ccco3)SC2=S)c(=O)n(-c2ccccc2)n1C. The lowest BCUT2D eigenvalue weighted by Crippen LogP contribution is -2.33.